The average Bonchev–Trinajstić information content (AvgIpc) is 2.55. The monoisotopic (exact) mass is 290 g/mol. The van der Waals surface area contributed by atoms with E-state index in [-0.39, 0.29) is 30.0 Å². The van der Waals surface area contributed by atoms with Gasteiger partial charge in [0.25, 0.3) is 0 Å². The van der Waals surface area contributed by atoms with Crippen molar-refractivity contribution in [2.24, 2.45) is 0 Å². The molecular formula is C12H22N2O4S. The van der Waals surface area contributed by atoms with Crippen molar-refractivity contribution in [3.8, 4) is 0 Å². The number of rotatable bonds is 5. The number of hydrogen-bond acceptors (Lipinski definition) is 5. The van der Waals surface area contributed by atoms with Gasteiger partial charge in [-0.15, -0.1) is 0 Å². The van der Waals surface area contributed by atoms with Crippen LogP contribution in [-0.2, 0) is 14.6 Å². The zero-order valence-corrected chi connectivity index (χ0v) is 12.1. The minimum absolute atomic E-state index is 0.0541. The van der Waals surface area contributed by atoms with Gasteiger partial charge in [-0.25, -0.2) is 8.42 Å². The summed E-state index contributed by atoms with van der Waals surface area (Å²) in [5.41, 5.74) is -0.633. The van der Waals surface area contributed by atoms with Crippen LogP contribution in [-0.4, -0.2) is 67.1 Å². The number of carbonyl (C=O) groups is 1. The van der Waals surface area contributed by atoms with Crippen molar-refractivity contribution in [3.05, 3.63) is 0 Å². The maximum Gasteiger partial charge on any atom is 0.234 e. The Bertz CT molecular complexity index is 443. The molecule has 0 spiro atoms. The van der Waals surface area contributed by atoms with Crippen LogP contribution in [0, 0.1) is 0 Å². The maximum absolute atomic E-state index is 11.8. The summed E-state index contributed by atoms with van der Waals surface area (Å²) in [6.45, 7) is 3.31. The highest BCUT2D eigenvalue weighted by molar-refractivity contribution is 7.91. The summed E-state index contributed by atoms with van der Waals surface area (Å²) in [7, 11) is -2.96. The smallest absolute Gasteiger partial charge is 0.234 e. The number of carbonyl (C=O) groups excluding carboxylic acids is 1. The number of aliphatic hydroxyl groups is 1. The first-order valence-corrected chi connectivity index (χ1v) is 8.58. The first kappa shape index (κ1) is 14.7. The first-order chi connectivity index (χ1) is 8.82. The first-order valence-electron chi connectivity index (χ1n) is 6.76. The summed E-state index contributed by atoms with van der Waals surface area (Å²) in [4.78, 5) is 13.6. The minimum Gasteiger partial charge on any atom is -0.387 e. The van der Waals surface area contributed by atoms with Crippen LogP contribution in [0.3, 0.4) is 0 Å². The lowest BCUT2D eigenvalue weighted by Gasteiger charge is -2.46. The Balaban J connectivity index is 1.69. The number of β-amino-alcohol motifs (C(OH)–C–C–N with tert-alkyl or cyclic N) is 1. The zero-order valence-electron chi connectivity index (χ0n) is 11.3. The average molecular weight is 290 g/mol. The molecule has 0 aliphatic carbocycles. The maximum atomic E-state index is 11.8. The Morgan fingerprint density at radius 3 is 2.68 bits per heavy atom. The summed E-state index contributed by atoms with van der Waals surface area (Å²) in [6, 6.07) is -0.242. The molecule has 0 aromatic rings. The third-order valence-corrected chi connectivity index (χ3v) is 5.48. The second kappa shape index (κ2) is 5.38. The van der Waals surface area contributed by atoms with Gasteiger partial charge in [0.15, 0.2) is 9.84 Å². The van der Waals surface area contributed by atoms with Crippen molar-refractivity contribution in [1.29, 1.82) is 0 Å². The molecule has 2 rings (SSSR count). The van der Waals surface area contributed by atoms with Gasteiger partial charge in [-0.1, -0.05) is 13.3 Å². The van der Waals surface area contributed by atoms with Crippen molar-refractivity contribution < 1.29 is 18.3 Å². The van der Waals surface area contributed by atoms with Gasteiger partial charge in [0.2, 0.25) is 5.91 Å². The highest BCUT2D eigenvalue weighted by atomic mass is 32.2. The zero-order chi connectivity index (χ0) is 14.1. The topological polar surface area (TPSA) is 86.7 Å². The van der Waals surface area contributed by atoms with E-state index in [9.17, 15) is 18.3 Å². The molecule has 2 saturated heterocycles. The van der Waals surface area contributed by atoms with Crippen molar-refractivity contribution in [2.45, 2.75) is 37.8 Å². The van der Waals surface area contributed by atoms with Gasteiger partial charge >= 0.3 is 0 Å². The SMILES string of the molecule is CCCC1(O)CN(CC(=O)NC2CCS(=O)(=O)C2)C1. The van der Waals surface area contributed by atoms with Crippen LogP contribution in [0.1, 0.15) is 26.2 Å². The molecule has 0 bridgehead atoms. The summed E-state index contributed by atoms with van der Waals surface area (Å²) >= 11 is 0. The molecule has 1 unspecified atom stereocenters. The van der Waals surface area contributed by atoms with Gasteiger partial charge in [0.1, 0.15) is 0 Å². The summed E-state index contributed by atoms with van der Waals surface area (Å²) in [5, 5.41) is 12.7. The molecule has 19 heavy (non-hydrogen) atoms. The Hall–Kier alpha value is -0.660. The quantitative estimate of drug-likeness (QED) is 0.688. The van der Waals surface area contributed by atoms with E-state index < -0.39 is 15.4 Å². The molecule has 1 amide bonds. The van der Waals surface area contributed by atoms with Gasteiger partial charge in [-0.05, 0) is 12.8 Å². The normalized spacial score (nSPS) is 28.8. The highest BCUT2D eigenvalue weighted by Gasteiger charge is 2.41. The summed E-state index contributed by atoms with van der Waals surface area (Å²) < 4.78 is 22.5. The van der Waals surface area contributed by atoms with E-state index >= 15 is 0 Å². The molecule has 2 aliphatic rings. The van der Waals surface area contributed by atoms with Gasteiger partial charge in [0, 0.05) is 19.1 Å². The molecule has 7 heteroatoms. The van der Waals surface area contributed by atoms with Crippen molar-refractivity contribution in [3.63, 3.8) is 0 Å². The van der Waals surface area contributed by atoms with Crippen LogP contribution < -0.4 is 5.32 Å². The molecule has 1 atom stereocenters. The molecule has 2 N–H and O–H groups in total. The lowest BCUT2D eigenvalue weighted by Crippen LogP contribution is -2.63. The molecule has 0 aromatic heterocycles. The standard InChI is InChI=1S/C12H22N2O4S/c1-2-4-12(16)8-14(9-12)6-11(15)13-10-3-5-19(17,18)7-10/h10,16H,2-9H2,1H3,(H,13,15). The Morgan fingerprint density at radius 1 is 1.47 bits per heavy atom. The van der Waals surface area contributed by atoms with Crippen LogP contribution in [0.15, 0.2) is 0 Å². The fourth-order valence-electron chi connectivity index (χ4n) is 2.91. The fraction of sp³-hybridized carbons (Fsp3) is 0.917. The number of nitrogens with zero attached hydrogens (tertiary/aromatic N) is 1. The molecule has 6 nitrogen and oxygen atoms in total. The van der Waals surface area contributed by atoms with E-state index in [0.29, 0.717) is 19.5 Å². The third kappa shape index (κ3) is 3.90. The molecule has 0 saturated carbocycles. The van der Waals surface area contributed by atoms with Crippen LogP contribution in [0.5, 0.6) is 0 Å². The molecule has 0 aromatic carbocycles. The highest BCUT2D eigenvalue weighted by Crippen LogP contribution is 2.25. The number of sulfone groups is 1. The number of amides is 1. The Kier molecular flexibility index (Phi) is 4.17. The van der Waals surface area contributed by atoms with E-state index in [1.165, 1.54) is 0 Å². The Labute approximate surface area is 114 Å². The molecule has 110 valence electrons. The van der Waals surface area contributed by atoms with Crippen LogP contribution in [0.4, 0.5) is 0 Å². The van der Waals surface area contributed by atoms with Crippen molar-refractivity contribution in [2.75, 3.05) is 31.1 Å². The minimum atomic E-state index is -2.96. The lowest BCUT2D eigenvalue weighted by molar-refractivity contribution is -0.134. The van der Waals surface area contributed by atoms with Crippen molar-refractivity contribution >= 4 is 15.7 Å². The van der Waals surface area contributed by atoms with E-state index in [0.717, 1.165) is 12.8 Å². The van der Waals surface area contributed by atoms with E-state index in [1.54, 1.807) is 0 Å². The summed E-state index contributed by atoms with van der Waals surface area (Å²) in [6.07, 6.45) is 2.19. The molecule has 0 radical (unpaired) electrons. The second-order valence-electron chi connectivity index (χ2n) is 5.79. The van der Waals surface area contributed by atoms with Gasteiger partial charge in [0.05, 0.1) is 23.7 Å². The third-order valence-electron chi connectivity index (χ3n) is 3.72. The fourth-order valence-corrected chi connectivity index (χ4v) is 4.58. The Morgan fingerprint density at radius 2 is 2.16 bits per heavy atom. The molecule has 2 aliphatic heterocycles. The summed E-state index contributed by atoms with van der Waals surface area (Å²) in [5.74, 6) is 0.0665. The molecule has 2 fully saturated rings. The largest absolute Gasteiger partial charge is 0.387 e. The lowest BCUT2D eigenvalue weighted by atomic mass is 9.89. The van der Waals surface area contributed by atoms with Crippen molar-refractivity contribution in [1.82, 2.24) is 10.2 Å². The van der Waals surface area contributed by atoms with Gasteiger partial charge in [-0.2, -0.15) is 0 Å². The number of nitrogens with one attached hydrogen (secondary N) is 1. The van der Waals surface area contributed by atoms with Crippen LogP contribution >= 0.6 is 0 Å². The van der Waals surface area contributed by atoms with Gasteiger partial charge in [-0.3, -0.25) is 9.69 Å². The number of likely N-dealkylation sites (tertiary alicyclic amines) is 1. The second-order valence-corrected chi connectivity index (χ2v) is 8.02. The van der Waals surface area contributed by atoms with E-state index in [4.69, 9.17) is 0 Å². The van der Waals surface area contributed by atoms with E-state index in [1.807, 2.05) is 11.8 Å². The van der Waals surface area contributed by atoms with E-state index in [2.05, 4.69) is 5.32 Å². The molecular weight excluding hydrogens is 268 g/mol. The van der Waals surface area contributed by atoms with Gasteiger partial charge < -0.3 is 10.4 Å². The predicted molar refractivity (Wildman–Crippen MR) is 71.5 cm³/mol. The molecule has 2 heterocycles. The van der Waals surface area contributed by atoms with Crippen LogP contribution in [0.25, 0.3) is 0 Å². The number of hydrogen-bond donors (Lipinski definition) is 2. The predicted octanol–water partition coefficient (Wildman–Crippen LogP) is -0.863. The van der Waals surface area contributed by atoms with Crippen LogP contribution in [0.2, 0.25) is 0 Å².